The summed E-state index contributed by atoms with van der Waals surface area (Å²) in [7, 11) is 1.69. The van der Waals surface area contributed by atoms with Gasteiger partial charge in [-0.25, -0.2) is 0 Å². The summed E-state index contributed by atoms with van der Waals surface area (Å²) in [5.41, 5.74) is 5.38. The molecular formula is C26H31N3O2. The Labute approximate surface area is 184 Å². The van der Waals surface area contributed by atoms with E-state index in [0.29, 0.717) is 0 Å². The Kier molecular flexibility index (Phi) is 5.30. The maximum Gasteiger partial charge on any atom is 0.231 e. The van der Waals surface area contributed by atoms with Crippen molar-refractivity contribution in [1.29, 1.82) is 0 Å². The molecule has 31 heavy (non-hydrogen) atoms. The largest absolute Gasteiger partial charge is 0.497 e. The first-order valence-corrected chi connectivity index (χ1v) is 11.4. The predicted molar refractivity (Wildman–Crippen MR) is 123 cm³/mol. The molecule has 1 N–H and O–H groups in total. The van der Waals surface area contributed by atoms with Gasteiger partial charge >= 0.3 is 0 Å². The highest BCUT2D eigenvalue weighted by molar-refractivity contribution is 6.02. The Bertz CT molecular complexity index is 1020. The summed E-state index contributed by atoms with van der Waals surface area (Å²) >= 11 is 0. The Morgan fingerprint density at radius 1 is 1.19 bits per heavy atom. The Morgan fingerprint density at radius 2 is 2.00 bits per heavy atom. The first-order chi connectivity index (χ1) is 15.1. The third-order valence-electron chi connectivity index (χ3n) is 7.16. The van der Waals surface area contributed by atoms with Gasteiger partial charge in [0, 0.05) is 17.8 Å². The van der Waals surface area contributed by atoms with E-state index >= 15 is 0 Å². The molecule has 2 aliphatic heterocycles. The molecule has 2 fully saturated rings. The molecule has 1 saturated heterocycles. The fourth-order valence-electron chi connectivity index (χ4n) is 5.02. The van der Waals surface area contributed by atoms with Gasteiger partial charge in [0.1, 0.15) is 5.75 Å². The van der Waals surface area contributed by atoms with Crippen LogP contribution in [-0.4, -0.2) is 43.3 Å². The van der Waals surface area contributed by atoms with Crippen LogP contribution in [0.25, 0.3) is 0 Å². The molecule has 5 heteroatoms. The van der Waals surface area contributed by atoms with E-state index in [1.54, 1.807) is 7.11 Å². The van der Waals surface area contributed by atoms with Gasteiger partial charge in [-0.2, -0.15) is 0 Å². The molecule has 162 valence electrons. The van der Waals surface area contributed by atoms with Crippen molar-refractivity contribution in [2.75, 3.05) is 26.7 Å². The molecule has 0 radical (unpaired) electrons. The number of carbonyl (C=O) groups is 1. The highest BCUT2D eigenvalue weighted by Crippen LogP contribution is 2.49. The van der Waals surface area contributed by atoms with Crippen molar-refractivity contribution in [3.63, 3.8) is 0 Å². The third-order valence-corrected chi connectivity index (χ3v) is 7.16. The van der Waals surface area contributed by atoms with Crippen LogP contribution in [0.1, 0.15) is 60.9 Å². The van der Waals surface area contributed by atoms with Crippen molar-refractivity contribution in [2.24, 2.45) is 4.99 Å². The molecule has 0 spiro atoms. The number of likely N-dealkylation sites (tertiary alicyclic amines) is 1. The van der Waals surface area contributed by atoms with Crippen LogP contribution in [0.4, 0.5) is 0 Å². The molecule has 5 rings (SSSR count). The summed E-state index contributed by atoms with van der Waals surface area (Å²) in [6, 6.07) is 14.6. The van der Waals surface area contributed by atoms with Crippen molar-refractivity contribution in [3.05, 3.63) is 64.7 Å². The Hall–Kier alpha value is -2.66. The summed E-state index contributed by atoms with van der Waals surface area (Å²) in [5.74, 6) is 0.972. The van der Waals surface area contributed by atoms with E-state index < -0.39 is 5.41 Å². The standard InChI is InChI=1S/C26H31N3O2/c1-18-23-15-21(9-8-20(23)16-27-18)26(10-11-26)25(30)28-24(17-29-12-3-4-13-29)19-6-5-7-22(14-19)31-2/h5-9,14-15,24H,3-4,10-13,16-17H2,1-2H3,(H,28,30)/t24-/m1/s1. The van der Waals surface area contributed by atoms with Crippen LogP contribution in [0.2, 0.25) is 0 Å². The second-order valence-corrected chi connectivity index (χ2v) is 9.17. The van der Waals surface area contributed by atoms with Crippen molar-refractivity contribution in [3.8, 4) is 5.75 Å². The zero-order valence-electron chi connectivity index (χ0n) is 18.5. The number of nitrogens with zero attached hydrogens (tertiary/aromatic N) is 2. The quantitative estimate of drug-likeness (QED) is 0.741. The molecule has 5 nitrogen and oxygen atoms in total. The molecule has 1 amide bonds. The molecule has 2 aromatic rings. The second kappa shape index (κ2) is 8.12. The van der Waals surface area contributed by atoms with E-state index in [9.17, 15) is 4.79 Å². The first kappa shape index (κ1) is 20.3. The summed E-state index contributed by atoms with van der Waals surface area (Å²) in [5, 5.41) is 3.43. The van der Waals surface area contributed by atoms with Gasteiger partial charge in [-0.3, -0.25) is 9.79 Å². The predicted octanol–water partition coefficient (Wildman–Crippen LogP) is 4.00. The monoisotopic (exact) mass is 417 g/mol. The maximum atomic E-state index is 13.6. The lowest BCUT2D eigenvalue weighted by Crippen LogP contribution is -2.42. The van der Waals surface area contributed by atoms with Gasteiger partial charge in [-0.15, -0.1) is 0 Å². The second-order valence-electron chi connectivity index (χ2n) is 9.17. The minimum Gasteiger partial charge on any atom is -0.497 e. The minimum atomic E-state index is -0.403. The van der Waals surface area contributed by atoms with E-state index in [-0.39, 0.29) is 11.9 Å². The van der Waals surface area contributed by atoms with Crippen LogP contribution in [0.5, 0.6) is 5.75 Å². The number of methoxy groups -OCH3 is 1. The summed E-state index contributed by atoms with van der Waals surface area (Å²) in [4.78, 5) is 20.6. The van der Waals surface area contributed by atoms with Crippen molar-refractivity contribution >= 4 is 11.6 Å². The van der Waals surface area contributed by atoms with Gasteiger partial charge in [-0.05, 0) is 80.6 Å². The van der Waals surface area contributed by atoms with Crippen LogP contribution < -0.4 is 10.1 Å². The molecule has 1 saturated carbocycles. The Balaban J connectivity index is 1.40. The van der Waals surface area contributed by atoms with E-state index in [1.165, 1.54) is 24.0 Å². The lowest BCUT2D eigenvalue weighted by molar-refractivity contribution is -0.124. The molecule has 2 heterocycles. The molecular weight excluding hydrogens is 386 g/mol. The van der Waals surface area contributed by atoms with Gasteiger partial charge in [0.15, 0.2) is 0 Å². The molecule has 0 bridgehead atoms. The lowest BCUT2D eigenvalue weighted by Gasteiger charge is -2.27. The molecule has 3 aliphatic rings. The SMILES string of the molecule is COc1cccc([C@@H](CN2CCCC2)NC(=O)C2(c3ccc4c(c3)C(C)=NC4)CC2)c1. The summed E-state index contributed by atoms with van der Waals surface area (Å²) in [6.07, 6.45) is 4.28. The number of hydrogen-bond acceptors (Lipinski definition) is 4. The fraction of sp³-hybridized carbons (Fsp3) is 0.462. The number of hydrogen-bond donors (Lipinski definition) is 1. The lowest BCUT2D eigenvalue weighted by atomic mass is 9.90. The summed E-state index contributed by atoms with van der Waals surface area (Å²) in [6.45, 7) is 5.86. The van der Waals surface area contributed by atoms with Crippen LogP contribution in [0, 0.1) is 0 Å². The summed E-state index contributed by atoms with van der Waals surface area (Å²) < 4.78 is 5.44. The molecule has 1 aliphatic carbocycles. The smallest absolute Gasteiger partial charge is 0.231 e. The number of carbonyl (C=O) groups excluding carboxylic acids is 1. The average molecular weight is 418 g/mol. The molecule has 0 unspecified atom stereocenters. The van der Waals surface area contributed by atoms with E-state index in [4.69, 9.17) is 4.74 Å². The first-order valence-electron chi connectivity index (χ1n) is 11.4. The Morgan fingerprint density at radius 3 is 2.74 bits per heavy atom. The number of fused-ring (bicyclic) bond motifs is 1. The number of benzene rings is 2. The minimum absolute atomic E-state index is 0.0455. The van der Waals surface area contributed by atoms with E-state index in [1.807, 2.05) is 12.1 Å². The van der Waals surface area contributed by atoms with Crippen LogP contribution in [-0.2, 0) is 16.8 Å². The van der Waals surface area contributed by atoms with E-state index in [0.717, 1.165) is 61.6 Å². The topological polar surface area (TPSA) is 53.9 Å². The molecule has 0 aromatic heterocycles. The van der Waals surface area contributed by atoms with E-state index in [2.05, 4.69) is 52.5 Å². The van der Waals surface area contributed by atoms with Gasteiger partial charge in [-0.1, -0.05) is 24.3 Å². The van der Waals surface area contributed by atoms with Crippen molar-refractivity contribution < 1.29 is 9.53 Å². The van der Waals surface area contributed by atoms with Gasteiger partial charge in [0.05, 0.1) is 25.1 Å². The van der Waals surface area contributed by atoms with Crippen molar-refractivity contribution in [2.45, 2.75) is 50.6 Å². The van der Waals surface area contributed by atoms with Crippen LogP contribution >= 0.6 is 0 Å². The average Bonchev–Trinajstić information content (AvgIpc) is 3.30. The fourth-order valence-corrected chi connectivity index (χ4v) is 5.02. The number of ether oxygens (including phenoxy) is 1. The maximum absolute atomic E-state index is 13.6. The highest BCUT2D eigenvalue weighted by Gasteiger charge is 2.52. The number of nitrogens with one attached hydrogen (secondary N) is 1. The molecule has 1 atom stereocenters. The normalized spacial score (nSPS) is 20.1. The molecule has 2 aromatic carbocycles. The van der Waals surface area contributed by atoms with Crippen molar-refractivity contribution in [1.82, 2.24) is 10.2 Å². The zero-order valence-corrected chi connectivity index (χ0v) is 18.5. The van der Waals surface area contributed by atoms with Crippen LogP contribution in [0.3, 0.4) is 0 Å². The number of rotatable bonds is 7. The van der Waals surface area contributed by atoms with Crippen LogP contribution in [0.15, 0.2) is 47.5 Å². The van der Waals surface area contributed by atoms with Gasteiger partial charge < -0.3 is 15.0 Å². The van der Waals surface area contributed by atoms with Gasteiger partial charge in [0.25, 0.3) is 0 Å². The van der Waals surface area contributed by atoms with Gasteiger partial charge in [0.2, 0.25) is 5.91 Å². The number of aliphatic imine (C=N–C) groups is 1. The number of amides is 1. The highest BCUT2D eigenvalue weighted by atomic mass is 16.5. The zero-order chi connectivity index (χ0) is 21.4. The third kappa shape index (κ3) is 3.87.